The minimum absolute atomic E-state index is 0.493. The van der Waals surface area contributed by atoms with E-state index in [0.29, 0.717) is 6.42 Å². The number of unbranched alkanes of at least 4 members (excludes halogenated alkanes) is 8. The fraction of sp³-hybridized carbons (Fsp3) is 0.950. The summed E-state index contributed by atoms with van der Waals surface area (Å²) >= 11 is 0. The minimum Gasteiger partial charge on any atom is -0.390 e. The van der Waals surface area contributed by atoms with E-state index in [1.165, 1.54) is 25.7 Å². The van der Waals surface area contributed by atoms with Gasteiger partial charge in [-0.1, -0.05) is 64.7 Å². The van der Waals surface area contributed by atoms with Crippen LogP contribution in [0.4, 0.5) is 0 Å². The van der Waals surface area contributed by atoms with Crippen molar-refractivity contribution in [1.82, 2.24) is 0 Å². The Balaban J connectivity index is 1.93. The molecule has 0 aromatic carbocycles. The van der Waals surface area contributed by atoms with Crippen LogP contribution in [0.2, 0.25) is 0 Å². The number of nitriles is 1. The van der Waals surface area contributed by atoms with Gasteiger partial charge >= 0.3 is 0 Å². The first-order valence-electron chi connectivity index (χ1n) is 10.0. The molecule has 0 amide bonds. The average molecular weight is 340 g/mol. The number of hydrogen-bond donors (Lipinski definition) is 2. The molecule has 1 heterocycles. The SMILES string of the molecule is CCCCCCCCC(O)C(O)CCCCCCC1(C#N)CCO1. The molecule has 140 valence electrons. The molecule has 0 bridgehead atoms. The van der Waals surface area contributed by atoms with Gasteiger partial charge in [0.1, 0.15) is 0 Å². The zero-order valence-corrected chi connectivity index (χ0v) is 15.5. The third-order valence-electron chi connectivity index (χ3n) is 5.22. The second-order valence-electron chi connectivity index (χ2n) is 7.35. The summed E-state index contributed by atoms with van der Waals surface area (Å²) in [6, 6.07) is 2.28. The maximum Gasteiger partial charge on any atom is 0.156 e. The summed E-state index contributed by atoms with van der Waals surface area (Å²) in [5.74, 6) is 0. The highest BCUT2D eigenvalue weighted by molar-refractivity contribution is 5.06. The molecule has 0 aliphatic carbocycles. The van der Waals surface area contributed by atoms with Gasteiger partial charge in [-0.25, -0.2) is 0 Å². The molecule has 1 saturated heterocycles. The van der Waals surface area contributed by atoms with Gasteiger partial charge in [0.2, 0.25) is 0 Å². The van der Waals surface area contributed by atoms with E-state index in [1.807, 2.05) is 0 Å². The van der Waals surface area contributed by atoms with Crippen LogP contribution in [-0.2, 0) is 4.74 Å². The number of ether oxygens (including phenoxy) is 1. The summed E-state index contributed by atoms with van der Waals surface area (Å²) in [5, 5.41) is 29.1. The van der Waals surface area contributed by atoms with Gasteiger partial charge in [0, 0.05) is 6.42 Å². The van der Waals surface area contributed by atoms with Crippen LogP contribution >= 0.6 is 0 Å². The molecular weight excluding hydrogens is 302 g/mol. The molecule has 4 heteroatoms. The Labute approximate surface area is 148 Å². The maximum atomic E-state index is 10.0. The summed E-state index contributed by atoms with van der Waals surface area (Å²) in [7, 11) is 0. The Hall–Kier alpha value is -0.630. The van der Waals surface area contributed by atoms with Gasteiger partial charge in [-0.3, -0.25) is 0 Å². The van der Waals surface area contributed by atoms with E-state index in [9.17, 15) is 10.2 Å². The van der Waals surface area contributed by atoms with Gasteiger partial charge in [-0.2, -0.15) is 5.26 Å². The number of aliphatic hydroxyl groups excluding tert-OH is 2. The predicted molar refractivity (Wildman–Crippen MR) is 96.6 cm³/mol. The van der Waals surface area contributed by atoms with E-state index in [1.54, 1.807) is 0 Å². The Bertz CT molecular complexity index is 349. The van der Waals surface area contributed by atoms with Gasteiger partial charge in [-0.05, 0) is 25.7 Å². The van der Waals surface area contributed by atoms with E-state index in [2.05, 4.69) is 13.0 Å². The topological polar surface area (TPSA) is 73.5 Å². The quantitative estimate of drug-likeness (QED) is 0.431. The van der Waals surface area contributed by atoms with Crippen LogP contribution in [0.3, 0.4) is 0 Å². The van der Waals surface area contributed by atoms with Crippen molar-refractivity contribution in [3.63, 3.8) is 0 Å². The Kier molecular flexibility index (Phi) is 11.3. The summed E-state index contributed by atoms with van der Waals surface area (Å²) in [6.45, 7) is 2.93. The third-order valence-corrected chi connectivity index (χ3v) is 5.22. The van der Waals surface area contributed by atoms with E-state index in [4.69, 9.17) is 10.00 Å². The van der Waals surface area contributed by atoms with Crippen LogP contribution in [0, 0.1) is 11.3 Å². The number of nitrogens with zero attached hydrogens (tertiary/aromatic N) is 1. The van der Waals surface area contributed by atoms with E-state index < -0.39 is 17.8 Å². The lowest BCUT2D eigenvalue weighted by atomic mass is 9.90. The van der Waals surface area contributed by atoms with Crippen LogP contribution in [-0.4, -0.2) is 34.6 Å². The number of hydrogen-bond acceptors (Lipinski definition) is 4. The first-order valence-corrected chi connectivity index (χ1v) is 10.0. The van der Waals surface area contributed by atoms with Crippen molar-refractivity contribution in [3.05, 3.63) is 0 Å². The van der Waals surface area contributed by atoms with Crippen molar-refractivity contribution >= 4 is 0 Å². The molecule has 0 saturated carbocycles. The van der Waals surface area contributed by atoms with Crippen LogP contribution in [0.15, 0.2) is 0 Å². The van der Waals surface area contributed by atoms with Crippen molar-refractivity contribution < 1.29 is 14.9 Å². The first-order chi connectivity index (χ1) is 11.6. The molecule has 24 heavy (non-hydrogen) atoms. The summed E-state index contributed by atoms with van der Waals surface area (Å²) in [4.78, 5) is 0. The highest BCUT2D eigenvalue weighted by Gasteiger charge is 2.37. The lowest BCUT2D eigenvalue weighted by Gasteiger charge is -2.35. The highest BCUT2D eigenvalue weighted by atomic mass is 16.5. The molecule has 3 unspecified atom stereocenters. The molecule has 1 fully saturated rings. The Morgan fingerprint density at radius 1 is 0.917 bits per heavy atom. The van der Waals surface area contributed by atoms with Crippen molar-refractivity contribution in [3.8, 4) is 6.07 Å². The lowest BCUT2D eigenvalue weighted by molar-refractivity contribution is -0.111. The zero-order chi connectivity index (χ0) is 17.7. The predicted octanol–water partition coefficient (Wildman–Crippen LogP) is 4.48. The van der Waals surface area contributed by atoms with Crippen molar-refractivity contribution in [1.29, 1.82) is 5.26 Å². The third kappa shape index (κ3) is 8.46. The first kappa shape index (κ1) is 21.4. The molecule has 1 rings (SSSR count). The van der Waals surface area contributed by atoms with Crippen molar-refractivity contribution in [2.75, 3.05) is 6.61 Å². The zero-order valence-electron chi connectivity index (χ0n) is 15.5. The van der Waals surface area contributed by atoms with Crippen molar-refractivity contribution in [2.24, 2.45) is 0 Å². The average Bonchev–Trinajstić information content (AvgIpc) is 2.55. The largest absolute Gasteiger partial charge is 0.390 e. The highest BCUT2D eigenvalue weighted by Crippen LogP contribution is 2.31. The molecule has 0 aromatic rings. The van der Waals surface area contributed by atoms with Gasteiger partial charge in [0.05, 0.1) is 24.9 Å². The van der Waals surface area contributed by atoms with Crippen LogP contribution in [0.25, 0.3) is 0 Å². The molecule has 0 spiro atoms. The minimum atomic E-state index is -0.582. The molecule has 0 radical (unpaired) electrons. The molecular formula is C20H37NO3. The normalized spacial score (nSPS) is 22.6. The van der Waals surface area contributed by atoms with Crippen molar-refractivity contribution in [2.45, 2.75) is 115 Å². The fourth-order valence-electron chi connectivity index (χ4n) is 3.33. The molecule has 2 N–H and O–H groups in total. The fourth-order valence-corrected chi connectivity index (χ4v) is 3.33. The molecule has 1 aliphatic rings. The number of aliphatic hydroxyl groups is 2. The summed E-state index contributed by atoms with van der Waals surface area (Å²) in [5.41, 5.74) is -0.493. The monoisotopic (exact) mass is 339 g/mol. The molecule has 0 aromatic heterocycles. The van der Waals surface area contributed by atoms with E-state index >= 15 is 0 Å². The molecule has 1 aliphatic heterocycles. The number of rotatable bonds is 15. The van der Waals surface area contributed by atoms with Gasteiger partial charge in [-0.15, -0.1) is 0 Å². The van der Waals surface area contributed by atoms with Gasteiger partial charge in [0.15, 0.2) is 5.60 Å². The molecule has 3 atom stereocenters. The summed E-state index contributed by atoms with van der Waals surface area (Å²) < 4.78 is 5.38. The summed E-state index contributed by atoms with van der Waals surface area (Å²) in [6.07, 6.45) is 13.2. The van der Waals surface area contributed by atoms with E-state index in [-0.39, 0.29) is 0 Å². The van der Waals surface area contributed by atoms with Crippen LogP contribution < -0.4 is 0 Å². The second-order valence-corrected chi connectivity index (χ2v) is 7.35. The Morgan fingerprint density at radius 2 is 1.42 bits per heavy atom. The standard InChI is InChI=1S/C20H37NO3/c1-2-3-4-5-6-9-12-18(22)19(23)13-10-7-8-11-14-20(17-21)15-16-24-20/h18-19,22-23H,2-16H2,1H3. The van der Waals surface area contributed by atoms with Crippen LogP contribution in [0.1, 0.15) is 96.8 Å². The van der Waals surface area contributed by atoms with Gasteiger partial charge in [0.25, 0.3) is 0 Å². The molecule has 4 nitrogen and oxygen atoms in total. The van der Waals surface area contributed by atoms with E-state index in [0.717, 1.165) is 64.4 Å². The lowest BCUT2D eigenvalue weighted by Crippen LogP contribution is -2.42. The van der Waals surface area contributed by atoms with Gasteiger partial charge < -0.3 is 14.9 Å². The smallest absolute Gasteiger partial charge is 0.156 e. The Morgan fingerprint density at radius 3 is 1.88 bits per heavy atom. The second kappa shape index (κ2) is 12.7. The maximum absolute atomic E-state index is 10.0. The van der Waals surface area contributed by atoms with Crippen LogP contribution in [0.5, 0.6) is 0 Å².